The van der Waals surface area contributed by atoms with E-state index >= 15 is 0 Å². The molecule has 0 radical (unpaired) electrons. The summed E-state index contributed by atoms with van der Waals surface area (Å²) in [7, 11) is 1.58. The normalized spacial score (nSPS) is 19.6. The van der Waals surface area contributed by atoms with Gasteiger partial charge in [-0.15, -0.1) is 0 Å². The molecule has 2 N–H and O–H groups in total. The Morgan fingerprint density at radius 3 is 2.70 bits per heavy atom. The molecule has 37 heavy (non-hydrogen) atoms. The van der Waals surface area contributed by atoms with Crippen molar-refractivity contribution >= 4 is 34.3 Å². The predicted octanol–water partition coefficient (Wildman–Crippen LogP) is 4.10. The number of ether oxygens (including phenoxy) is 1. The number of aromatic nitrogens is 1. The summed E-state index contributed by atoms with van der Waals surface area (Å²) in [6.45, 7) is 2.02. The highest BCUT2D eigenvalue weighted by molar-refractivity contribution is 6.02. The van der Waals surface area contributed by atoms with Crippen molar-refractivity contribution in [2.24, 2.45) is 5.92 Å². The number of benzene rings is 2. The second kappa shape index (κ2) is 10.2. The molecule has 1 aliphatic carbocycles. The number of methoxy groups -OCH3 is 1. The fourth-order valence-electron chi connectivity index (χ4n) is 5.62. The SMILES string of the molecule is CCC(=O)[C@H](C[C@@H]1CCCC1=O)NC(=O)[C@@H]1c2ccccc2CN1C(=O)c1cc2c(OC)cccc2[nH]1. The minimum atomic E-state index is -0.886. The maximum absolute atomic E-state index is 13.8. The Morgan fingerprint density at radius 2 is 1.97 bits per heavy atom. The summed E-state index contributed by atoms with van der Waals surface area (Å²) in [5.41, 5.74) is 2.73. The second-order valence-corrected chi connectivity index (χ2v) is 9.81. The summed E-state index contributed by atoms with van der Waals surface area (Å²) in [5.74, 6) is -0.256. The molecule has 2 aliphatic rings. The van der Waals surface area contributed by atoms with Crippen molar-refractivity contribution in [2.45, 2.75) is 57.7 Å². The molecule has 1 saturated carbocycles. The average Bonchev–Trinajstić information content (AvgIpc) is 3.63. The molecule has 8 nitrogen and oxygen atoms in total. The Bertz CT molecular complexity index is 1380. The van der Waals surface area contributed by atoms with Gasteiger partial charge in [0, 0.05) is 36.2 Å². The number of H-pyrrole nitrogens is 1. The van der Waals surface area contributed by atoms with Crippen LogP contribution >= 0.6 is 0 Å². The lowest BCUT2D eigenvalue weighted by molar-refractivity contribution is -0.131. The van der Waals surface area contributed by atoms with Crippen molar-refractivity contribution in [3.63, 3.8) is 0 Å². The predicted molar refractivity (Wildman–Crippen MR) is 138 cm³/mol. The highest BCUT2D eigenvalue weighted by Crippen LogP contribution is 2.36. The summed E-state index contributed by atoms with van der Waals surface area (Å²) in [4.78, 5) is 57.2. The standard InChI is InChI=1S/C29H31N3O5/c1-3-24(33)22(14-17-9-6-12-25(17)34)31-28(35)27-19-10-5-4-8-18(19)16-32(27)29(36)23-15-20-21(30-23)11-7-13-26(20)37-2/h4-5,7-8,10-11,13,15,17,22,27,30H,3,6,9,12,14,16H2,1-2H3,(H,31,35)/t17-,22-,27-/m0/s1. The molecule has 2 aromatic carbocycles. The highest BCUT2D eigenvalue weighted by Gasteiger charge is 2.41. The minimum absolute atomic E-state index is 0.111. The zero-order valence-corrected chi connectivity index (χ0v) is 21.1. The molecular formula is C29H31N3O5. The van der Waals surface area contributed by atoms with Crippen LogP contribution in [-0.2, 0) is 20.9 Å². The maximum Gasteiger partial charge on any atom is 0.271 e. The van der Waals surface area contributed by atoms with Crippen molar-refractivity contribution < 1.29 is 23.9 Å². The molecule has 0 spiro atoms. The van der Waals surface area contributed by atoms with E-state index in [1.807, 2.05) is 42.5 Å². The highest BCUT2D eigenvalue weighted by atomic mass is 16.5. The fraction of sp³-hybridized carbons (Fsp3) is 0.379. The van der Waals surface area contributed by atoms with Gasteiger partial charge < -0.3 is 19.9 Å². The first-order chi connectivity index (χ1) is 17.9. The van der Waals surface area contributed by atoms with Gasteiger partial charge in [-0.05, 0) is 48.6 Å². The van der Waals surface area contributed by atoms with Crippen LogP contribution in [0.5, 0.6) is 5.75 Å². The lowest BCUT2D eigenvalue weighted by Gasteiger charge is -2.27. The Hall–Kier alpha value is -3.94. The molecule has 0 unspecified atom stereocenters. The van der Waals surface area contributed by atoms with Gasteiger partial charge >= 0.3 is 0 Å². The summed E-state index contributed by atoms with van der Waals surface area (Å²) in [6.07, 6.45) is 2.65. The van der Waals surface area contributed by atoms with Gasteiger partial charge in [-0.25, -0.2) is 0 Å². The number of aromatic amines is 1. The summed E-state index contributed by atoms with van der Waals surface area (Å²) in [6, 6.07) is 13.1. The summed E-state index contributed by atoms with van der Waals surface area (Å²) in [5, 5.41) is 3.69. The van der Waals surface area contributed by atoms with Crippen molar-refractivity contribution in [1.82, 2.24) is 15.2 Å². The number of hydrogen-bond donors (Lipinski definition) is 2. The van der Waals surface area contributed by atoms with Crippen molar-refractivity contribution in [3.8, 4) is 5.75 Å². The third-order valence-electron chi connectivity index (χ3n) is 7.59. The number of amides is 2. The van der Waals surface area contributed by atoms with E-state index in [2.05, 4.69) is 10.3 Å². The van der Waals surface area contributed by atoms with E-state index in [0.29, 0.717) is 24.3 Å². The number of fused-ring (bicyclic) bond motifs is 2. The maximum atomic E-state index is 13.8. The second-order valence-electron chi connectivity index (χ2n) is 9.81. The monoisotopic (exact) mass is 501 g/mol. The van der Waals surface area contributed by atoms with Gasteiger partial charge in [0.15, 0.2) is 5.78 Å². The smallest absolute Gasteiger partial charge is 0.271 e. The number of rotatable bonds is 8. The van der Waals surface area contributed by atoms with Crippen LogP contribution in [0, 0.1) is 5.92 Å². The Balaban J connectivity index is 1.44. The zero-order chi connectivity index (χ0) is 26.1. The van der Waals surface area contributed by atoms with Gasteiger partial charge in [0.1, 0.15) is 23.3 Å². The molecule has 8 heteroatoms. The van der Waals surface area contributed by atoms with Crippen LogP contribution in [0.4, 0.5) is 0 Å². The first-order valence-electron chi connectivity index (χ1n) is 12.8. The molecule has 3 aromatic rings. The van der Waals surface area contributed by atoms with E-state index in [4.69, 9.17) is 4.74 Å². The third-order valence-corrected chi connectivity index (χ3v) is 7.59. The zero-order valence-electron chi connectivity index (χ0n) is 21.1. The van der Waals surface area contributed by atoms with Crippen LogP contribution in [-0.4, -0.2) is 46.4 Å². The van der Waals surface area contributed by atoms with E-state index in [9.17, 15) is 19.2 Å². The van der Waals surface area contributed by atoms with E-state index in [1.54, 1.807) is 20.1 Å². The number of Topliss-reactive ketones (excluding diaryl/α,β-unsaturated/α-hetero) is 2. The lowest BCUT2D eigenvalue weighted by atomic mass is 9.93. The number of carbonyl (C=O) groups excluding carboxylic acids is 4. The lowest BCUT2D eigenvalue weighted by Crippen LogP contribution is -2.47. The van der Waals surface area contributed by atoms with Gasteiger partial charge in [-0.1, -0.05) is 37.3 Å². The average molecular weight is 502 g/mol. The summed E-state index contributed by atoms with van der Waals surface area (Å²) >= 11 is 0. The molecule has 3 atom stereocenters. The van der Waals surface area contributed by atoms with Crippen LogP contribution in [0.25, 0.3) is 10.9 Å². The number of nitrogens with zero attached hydrogens (tertiary/aromatic N) is 1. The number of hydrogen-bond acceptors (Lipinski definition) is 5. The quantitative estimate of drug-likeness (QED) is 0.483. The van der Waals surface area contributed by atoms with E-state index < -0.39 is 18.0 Å². The molecule has 192 valence electrons. The first kappa shape index (κ1) is 24.7. The van der Waals surface area contributed by atoms with Crippen LogP contribution in [0.3, 0.4) is 0 Å². The third kappa shape index (κ3) is 4.63. The van der Waals surface area contributed by atoms with Gasteiger partial charge in [0.25, 0.3) is 5.91 Å². The van der Waals surface area contributed by atoms with Crippen molar-refractivity contribution in [1.29, 1.82) is 0 Å². The van der Waals surface area contributed by atoms with Crippen LogP contribution in [0.15, 0.2) is 48.5 Å². The van der Waals surface area contributed by atoms with Crippen molar-refractivity contribution in [3.05, 3.63) is 65.4 Å². The Labute approximate surface area is 215 Å². The van der Waals surface area contributed by atoms with Gasteiger partial charge in [-0.3, -0.25) is 19.2 Å². The van der Waals surface area contributed by atoms with E-state index in [0.717, 1.165) is 34.9 Å². The molecule has 1 aromatic heterocycles. The summed E-state index contributed by atoms with van der Waals surface area (Å²) < 4.78 is 5.43. The Kier molecular flexibility index (Phi) is 6.82. The van der Waals surface area contributed by atoms with E-state index in [1.165, 1.54) is 4.90 Å². The van der Waals surface area contributed by atoms with E-state index in [-0.39, 0.29) is 36.4 Å². The molecule has 1 aliphatic heterocycles. The first-order valence-corrected chi connectivity index (χ1v) is 12.8. The van der Waals surface area contributed by atoms with Crippen LogP contribution < -0.4 is 10.1 Å². The molecule has 1 fully saturated rings. The van der Waals surface area contributed by atoms with Gasteiger partial charge in [0.2, 0.25) is 5.91 Å². The van der Waals surface area contributed by atoms with Crippen LogP contribution in [0.1, 0.15) is 66.7 Å². The topological polar surface area (TPSA) is 109 Å². The minimum Gasteiger partial charge on any atom is -0.496 e. The molecule has 0 saturated heterocycles. The van der Waals surface area contributed by atoms with Crippen LogP contribution in [0.2, 0.25) is 0 Å². The number of nitrogens with one attached hydrogen (secondary N) is 2. The molecule has 5 rings (SSSR count). The Morgan fingerprint density at radius 1 is 1.16 bits per heavy atom. The largest absolute Gasteiger partial charge is 0.496 e. The molecular weight excluding hydrogens is 470 g/mol. The number of carbonyl (C=O) groups is 4. The molecule has 2 amide bonds. The van der Waals surface area contributed by atoms with Gasteiger partial charge in [0.05, 0.1) is 13.2 Å². The number of ketones is 2. The van der Waals surface area contributed by atoms with Crippen molar-refractivity contribution in [2.75, 3.05) is 7.11 Å². The van der Waals surface area contributed by atoms with Gasteiger partial charge in [-0.2, -0.15) is 0 Å². The molecule has 2 heterocycles. The molecule has 0 bridgehead atoms. The fourth-order valence-corrected chi connectivity index (χ4v) is 5.62.